The van der Waals surface area contributed by atoms with Gasteiger partial charge in [-0.2, -0.15) is 0 Å². The van der Waals surface area contributed by atoms with Crippen LogP contribution >= 0.6 is 22.6 Å². The second kappa shape index (κ2) is 4.05. The highest BCUT2D eigenvalue weighted by molar-refractivity contribution is 14.1. The van der Waals surface area contributed by atoms with Crippen molar-refractivity contribution >= 4 is 22.6 Å². The Bertz CT molecular complexity index is 167. The van der Waals surface area contributed by atoms with Crippen LogP contribution in [0.3, 0.4) is 0 Å². The van der Waals surface area contributed by atoms with E-state index in [4.69, 9.17) is 4.74 Å². The summed E-state index contributed by atoms with van der Waals surface area (Å²) in [5, 5.41) is 0. The molecule has 0 bridgehead atoms. The number of hydrogen-bond acceptors (Lipinski definition) is 1. The van der Waals surface area contributed by atoms with Gasteiger partial charge in [0.15, 0.2) is 0 Å². The van der Waals surface area contributed by atoms with Crippen LogP contribution < -0.4 is 0 Å². The quantitative estimate of drug-likeness (QED) is 0.561. The molecule has 0 spiro atoms. The molecule has 3 unspecified atom stereocenters. The van der Waals surface area contributed by atoms with E-state index in [9.17, 15) is 0 Å². The van der Waals surface area contributed by atoms with Crippen LogP contribution in [0, 0.1) is 17.8 Å². The van der Waals surface area contributed by atoms with Crippen molar-refractivity contribution in [3.63, 3.8) is 0 Å². The fraction of sp³-hybridized carbons (Fsp3) is 1.00. The molecule has 0 aromatic heterocycles. The Kier molecular flexibility index (Phi) is 3.18. The number of alkyl halides is 1. The molecule has 0 amide bonds. The molecule has 76 valence electrons. The second-order valence-corrected chi connectivity index (χ2v) is 6.72. The molecule has 0 aliphatic heterocycles. The van der Waals surface area contributed by atoms with E-state index in [0.29, 0.717) is 6.10 Å². The van der Waals surface area contributed by atoms with Gasteiger partial charge in [-0.25, -0.2) is 0 Å². The van der Waals surface area contributed by atoms with Crippen molar-refractivity contribution in [3.8, 4) is 0 Å². The lowest BCUT2D eigenvalue weighted by molar-refractivity contribution is 0.0996. The highest BCUT2D eigenvalue weighted by Gasteiger charge is 2.42. The van der Waals surface area contributed by atoms with Crippen LogP contribution in [0.1, 0.15) is 32.6 Å². The third-order valence-electron chi connectivity index (χ3n) is 3.99. The Balaban J connectivity index is 1.89. The predicted octanol–water partition coefficient (Wildman–Crippen LogP) is 3.26. The zero-order valence-corrected chi connectivity index (χ0v) is 10.7. The number of fused-ring (bicyclic) bond motifs is 1. The Morgan fingerprint density at radius 1 is 1.15 bits per heavy atom. The van der Waals surface area contributed by atoms with Gasteiger partial charge in [0.1, 0.15) is 0 Å². The molecule has 13 heavy (non-hydrogen) atoms. The van der Waals surface area contributed by atoms with Crippen molar-refractivity contribution in [2.45, 2.75) is 42.6 Å². The van der Waals surface area contributed by atoms with Gasteiger partial charge in [-0.05, 0) is 43.4 Å². The summed E-state index contributed by atoms with van der Waals surface area (Å²) in [6.07, 6.45) is 6.19. The highest BCUT2D eigenvalue weighted by atomic mass is 127. The van der Waals surface area contributed by atoms with Gasteiger partial charge < -0.3 is 4.74 Å². The van der Waals surface area contributed by atoms with Crippen LogP contribution in [0.4, 0.5) is 0 Å². The SMILES string of the molecule is COC1CC2CC(C(C)I)CC2C1. The summed E-state index contributed by atoms with van der Waals surface area (Å²) in [4.78, 5) is 0. The Labute approximate surface area is 94.8 Å². The number of rotatable bonds is 2. The molecule has 2 aliphatic carbocycles. The molecule has 0 aromatic rings. The van der Waals surface area contributed by atoms with Crippen LogP contribution in [0.15, 0.2) is 0 Å². The van der Waals surface area contributed by atoms with E-state index < -0.39 is 0 Å². The van der Waals surface area contributed by atoms with E-state index >= 15 is 0 Å². The van der Waals surface area contributed by atoms with E-state index in [1.807, 2.05) is 7.11 Å². The number of hydrogen-bond donors (Lipinski definition) is 0. The largest absolute Gasteiger partial charge is 0.381 e. The Hall–Kier alpha value is 0.690. The maximum atomic E-state index is 5.44. The molecule has 2 rings (SSSR count). The molecular formula is C11H19IO. The fourth-order valence-corrected chi connectivity index (χ4v) is 3.76. The van der Waals surface area contributed by atoms with Crippen molar-refractivity contribution < 1.29 is 4.74 Å². The van der Waals surface area contributed by atoms with Gasteiger partial charge in [0.05, 0.1) is 6.10 Å². The fourth-order valence-electron chi connectivity index (χ4n) is 3.18. The lowest BCUT2D eigenvalue weighted by Gasteiger charge is -2.15. The summed E-state index contributed by atoms with van der Waals surface area (Å²) in [5.41, 5.74) is 0. The van der Waals surface area contributed by atoms with Gasteiger partial charge in [0.25, 0.3) is 0 Å². The zero-order chi connectivity index (χ0) is 9.42. The first-order valence-corrected chi connectivity index (χ1v) is 6.62. The van der Waals surface area contributed by atoms with Crippen molar-refractivity contribution in [1.29, 1.82) is 0 Å². The first-order chi connectivity index (χ1) is 6.20. The molecule has 2 heteroatoms. The van der Waals surface area contributed by atoms with Crippen LogP contribution in [-0.4, -0.2) is 17.1 Å². The van der Waals surface area contributed by atoms with Gasteiger partial charge in [0.2, 0.25) is 0 Å². The second-order valence-electron chi connectivity index (χ2n) is 4.76. The monoisotopic (exact) mass is 294 g/mol. The smallest absolute Gasteiger partial charge is 0.0576 e. The molecule has 0 heterocycles. The van der Waals surface area contributed by atoms with Crippen molar-refractivity contribution in [2.75, 3.05) is 7.11 Å². The third-order valence-corrected chi connectivity index (χ3v) is 5.01. The summed E-state index contributed by atoms with van der Waals surface area (Å²) in [6, 6.07) is 0. The highest BCUT2D eigenvalue weighted by Crippen LogP contribution is 2.49. The van der Waals surface area contributed by atoms with Crippen LogP contribution in [0.2, 0.25) is 0 Å². The maximum Gasteiger partial charge on any atom is 0.0576 e. The molecule has 1 nitrogen and oxygen atoms in total. The molecule has 0 radical (unpaired) electrons. The first kappa shape index (κ1) is 10.2. The number of methoxy groups -OCH3 is 1. The van der Waals surface area contributed by atoms with Crippen LogP contribution in [0.25, 0.3) is 0 Å². The van der Waals surface area contributed by atoms with Gasteiger partial charge in [0, 0.05) is 11.0 Å². The molecule has 2 fully saturated rings. The lowest BCUT2D eigenvalue weighted by Crippen LogP contribution is -2.11. The van der Waals surface area contributed by atoms with Crippen LogP contribution in [-0.2, 0) is 4.74 Å². The third kappa shape index (κ3) is 2.04. The molecule has 3 atom stereocenters. The standard InChI is InChI=1S/C11H19IO/c1-7(12)8-3-9-5-11(13-2)6-10(9)4-8/h7-11H,3-6H2,1-2H3. The zero-order valence-electron chi connectivity index (χ0n) is 8.50. The van der Waals surface area contributed by atoms with Crippen LogP contribution in [0.5, 0.6) is 0 Å². The van der Waals surface area contributed by atoms with Gasteiger partial charge in [-0.1, -0.05) is 29.5 Å². The molecule has 2 aliphatic rings. The molecular weight excluding hydrogens is 275 g/mol. The molecule has 0 aromatic carbocycles. The average Bonchev–Trinajstić information content (AvgIpc) is 2.58. The Morgan fingerprint density at radius 2 is 1.69 bits per heavy atom. The summed E-state index contributed by atoms with van der Waals surface area (Å²) < 4.78 is 6.31. The topological polar surface area (TPSA) is 9.23 Å². The minimum atomic E-state index is 0.584. The summed E-state index contributed by atoms with van der Waals surface area (Å²) in [5.74, 6) is 2.98. The normalized spacial score (nSPS) is 46.4. The lowest BCUT2D eigenvalue weighted by atomic mass is 10.0. The van der Waals surface area contributed by atoms with Crippen molar-refractivity contribution in [3.05, 3.63) is 0 Å². The van der Waals surface area contributed by atoms with Gasteiger partial charge in [-0.3, -0.25) is 0 Å². The van der Waals surface area contributed by atoms with Crippen molar-refractivity contribution in [1.82, 2.24) is 0 Å². The maximum absolute atomic E-state index is 5.44. The Morgan fingerprint density at radius 3 is 2.08 bits per heavy atom. The van der Waals surface area contributed by atoms with Crippen molar-refractivity contribution in [2.24, 2.45) is 17.8 Å². The predicted molar refractivity (Wildman–Crippen MR) is 63.2 cm³/mol. The molecule has 2 saturated carbocycles. The van der Waals surface area contributed by atoms with Gasteiger partial charge in [-0.15, -0.1) is 0 Å². The van der Waals surface area contributed by atoms with E-state index in [0.717, 1.165) is 21.7 Å². The number of ether oxygens (including phenoxy) is 1. The summed E-state index contributed by atoms with van der Waals surface area (Å²) in [6.45, 7) is 2.36. The minimum absolute atomic E-state index is 0.584. The first-order valence-electron chi connectivity index (χ1n) is 5.37. The number of halogens is 1. The van der Waals surface area contributed by atoms with E-state index in [1.165, 1.54) is 25.7 Å². The van der Waals surface area contributed by atoms with Gasteiger partial charge >= 0.3 is 0 Å². The summed E-state index contributed by atoms with van der Waals surface area (Å²) >= 11 is 2.59. The van der Waals surface area contributed by atoms with E-state index in [2.05, 4.69) is 29.5 Å². The summed E-state index contributed by atoms with van der Waals surface area (Å²) in [7, 11) is 1.87. The molecule has 0 saturated heterocycles. The average molecular weight is 294 g/mol. The molecule has 0 N–H and O–H groups in total. The minimum Gasteiger partial charge on any atom is -0.381 e. The van der Waals surface area contributed by atoms with E-state index in [1.54, 1.807) is 0 Å². The van der Waals surface area contributed by atoms with E-state index in [-0.39, 0.29) is 0 Å².